The molecule has 0 aliphatic rings. The molecule has 0 aromatic heterocycles. The van der Waals surface area contributed by atoms with E-state index in [-0.39, 0.29) is 6.04 Å². The van der Waals surface area contributed by atoms with E-state index in [0.717, 1.165) is 13.1 Å². The van der Waals surface area contributed by atoms with Crippen LogP contribution in [-0.4, -0.2) is 25.0 Å². The lowest BCUT2D eigenvalue weighted by atomic mass is 9.99. The van der Waals surface area contributed by atoms with Gasteiger partial charge in [-0.2, -0.15) is 0 Å². The van der Waals surface area contributed by atoms with Gasteiger partial charge in [0.25, 0.3) is 0 Å². The number of rotatable bonds is 5. The molecule has 0 saturated carbocycles. The van der Waals surface area contributed by atoms with Crippen molar-refractivity contribution in [1.29, 1.82) is 0 Å². The molecule has 0 aliphatic carbocycles. The molecule has 0 amide bonds. The van der Waals surface area contributed by atoms with Gasteiger partial charge in [0.1, 0.15) is 0 Å². The smallest absolute Gasteiger partial charge is 0.0430 e. The first-order valence-corrected chi connectivity index (χ1v) is 6.64. The van der Waals surface area contributed by atoms with Crippen LogP contribution in [0.3, 0.4) is 0 Å². The molecule has 0 fully saturated rings. The van der Waals surface area contributed by atoms with Gasteiger partial charge in [-0.05, 0) is 36.3 Å². The van der Waals surface area contributed by atoms with E-state index < -0.39 is 0 Å². The molecule has 1 atom stereocenters. The quantitative estimate of drug-likeness (QED) is 0.872. The van der Waals surface area contributed by atoms with Crippen molar-refractivity contribution in [3.8, 4) is 0 Å². The lowest BCUT2D eigenvalue weighted by molar-refractivity contribution is 0.314. The number of likely N-dealkylation sites (N-methyl/N-ethyl adjacent to an activating group) is 1. The van der Waals surface area contributed by atoms with Crippen molar-refractivity contribution in [3.63, 3.8) is 0 Å². The maximum atomic E-state index is 6.35. The summed E-state index contributed by atoms with van der Waals surface area (Å²) >= 11 is 0. The van der Waals surface area contributed by atoms with Gasteiger partial charge >= 0.3 is 0 Å². The molecule has 1 unspecified atom stereocenters. The Kier molecular flexibility index (Phi) is 4.34. The highest BCUT2D eigenvalue weighted by Gasteiger charge is 2.11. The molecule has 2 nitrogen and oxygen atoms in total. The van der Waals surface area contributed by atoms with Gasteiger partial charge in [0.05, 0.1) is 0 Å². The molecule has 0 heterocycles. The fraction of sp³-hybridized carbons (Fsp3) is 0.375. The normalized spacial score (nSPS) is 13.1. The highest BCUT2D eigenvalue weighted by molar-refractivity contribution is 5.86. The summed E-state index contributed by atoms with van der Waals surface area (Å²) in [5.74, 6) is 0. The summed E-state index contributed by atoms with van der Waals surface area (Å²) in [4.78, 5) is 2.30. The zero-order valence-electron chi connectivity index (χ0n) is 11.3. The molecule has 0 spiro atoms. The first-order valence-electron chi connectivity index (χ1n) is 6.64. The number of nitrogens with zero attached hydrogens (tertiary/aromatic N) is 1. The first kappa shape index (κ1) is 13.1. The standard InChI is InChI=1S/C16H22N2/c1-3-11-18(2)12-16(17)15-10-6-8-13-7-4-5-9-14(13)15/h4-10,16H,3,11-12,17H2,1-2H3. The Balaban J connectivity index is 2.24. The van der Waals surface area contributed by atoms with Crippen LogP contribution < -0.4 is 5.73 Å². The Labute approximate surface area is 109 Å². The topological polar surface area (TPSA) is 29.3 Å². The fourth-order valence-corrected chi connectivity index (χ4v) is 2.48. The van der Waals surface area contributed by atoms with E-state index in [1.807, 2.05) is 0 Å². The Morgan fingerprint density at radius 1 is 1.11 bits per heavy atom. The highest BCUT2D eigenvalue weighted by atomic mass is 15.1. The van der Waals surface area contributed by atoms with E-state index in [2.05, 4.69) is 61.3 Å². The van der Waals surface area contributed by atoms with Crippen LogP contribution >= 0.6 is 0 Å². The Bertz CT molecular complexity index is 502. The maximum absolute atomic E-state index is 6.35. The summed E-state index contributed by atoms with van der Waals surface area (Å²) in [5.41, 5.74) is 7.60. The van der Waals surface area contributed by atoms with Crippen molar-refractivity contribution in [2.24, 2.45) is 5.73 Å². The lowest BCUT2D eigenvalue weighted by Crippen LogP contribution is -2.29. The number of benzene rings is 2. The van der Waals surface area contributed by atoms with E-state index in [1.54, 1.807) is 0 Å². The Hall–Kier alpha value is -1.38. The molecule has 2 aromatic carbocycles. The molecule has 2 aromatic rings. The van der Waals surface area contributed by atoms with Gasteiger partial charge in [-0.15, -0.1) is 0 Å². The molecule has 0 bridgehead atoms. The minimum atomic E-state index is 0.0765. The van der Waals surface area contributed by atoms with Crippen molar-refractivity contribution in [2.75, 3.05) is 20.1 Å². The van der Waals surface area contributed by atoms with Gasteiger partial charge in [0.15, 0.2) is 0 Å². The summed E-state index contributed by atoms with van der Waals surface area (Å²) < 4.78 is 0. The zero-order valence-corrected chi connectivity index (χ0v) is 11.3. The summed E-state index contributed by atoms with van der Waals surface area (Å²) in [6.07, 6.45) is 1.17. The van der Waals surface area contributed by atoms with Crippen LogP contribution in [0.1, 0.15) is 24.9 Å². The van der Waals surface area contributed by atoms with E-state index in [1.165, 1.54) is 22.8 Å². The summed E-state index contributed by atoms with van der Waals surface area (Å²) in [6, 6.07) is 14.9. The van der Waals surface area contributed by atoms with Crippen LogP contribution in [0.15, 0.2) is 42.5 Å². The molecule has 2 N–H and O–H groups in total. The molecule has 96 valence electrons. The monoisotopic (exact) mass is 242 g/mol. The molecule has 2 rings (SSSR count). The number of hydrogen-bond acceptors (Lipinski definition) is 2. The SMILES string of the molecule is CCCN(C)CC(N)c1cccc2ccccc12. The molecule has 0 saturated heterocycles. The first-order chi connectivity index (χ1) is 8.72. The van der Waals surface area contributed by atoms with Crippen molar-refractivity contribution in [2.45, 2.75) is 19.4 Å². The molecule has 18 heavy (non-hydrogen) atoms. The van der Waals surface area contributed by atoms with Gasteiger partial charge in [-0.25, -0.2) is 0 Å². The molecule has 2 heteroatoms. The van der Waals surface area contributed by atoms with Gasteiger partial charge in [-0.3, -0.25) is 0 Å². The molecular weight excluding hydrogens is 220 g/mol. The third kappa shape index (κ3) is 2.89. The number of fused-ring (bicyclic) bond motifs is 1. The van der Waals surface area contributed by atoms with E-state index >= 15 is 0 Å². The zero-order chi connectivity index (χ0) is 13.0. The Morgan fingerprint density at radius 2 is 1.83 bits per heavy atom. The van der Waals surface area contributed by atoms with Crippen molar-refractivity contribution >= 4 is 10.8 Å². The summed E-state index contributed by atoms with van der Waals surface area (Å²) in [5, 5.41) is 2.54. The van der Waals surface area contributed by atoms with E-state index in [4.69, 9.17) is 5.73 Å². The van der Waals surface area contributed by atoms with Gasteiger partial charge < -0.3 is 10.6 Å². The average Bonchev–Trinajstić information content (AvgIpc) is 2.38. The molecular formula is C16H22N2. The van der Waals surface area contributed by atoms with E-state index in [0.29, 0.717) is 0 Å². The number of nitrogens with two attached hydrogens (primary N) is 1. The summed E-state index contributed by atoms with van der Waals surface area (Å²) in [6.45, 7) is 4.19. The minimum Gasteiger partial charge on any atom is -0.323 e. The second-order valence-corrected chi connectivity index (χ2v) is 4.94. The molecule has 0 radical (unpaired) electrons. The third-order valence-electron chi connectivity index (χ3n) is 3.34. The second-order valence-electron chi connectivity index (χ2n) is 4.94. The lowest BCUT2D eigenvalue weighted by Gasteiger charge is -2.22. The number of hydrogen-bond donors (Lipinski definition) is 1. The fourth-order valence-electron chi connectivity index (χ4n) is 2.48. The van der Waals surface area contributed by atoms with Gasteiger partial charge in [0, 0.05) is 12.6 Å². The van der Waals surface area contributed by atoms with Crippen molar-refractivity contribution < 1.29 is 0 Å². The average molecular weight is 242 g/mol. The van der Waals surface area contributed by atoms with Crippen LogP contribution in [0.2, 0.25) is 0 Å². The van der Waals surface area contributed by atoms with Crippen molar-refractivity contribution in [3.05, 3.63) is 48.0 Å². The second kappa shape index (κ2) is 5.98. The van der Waals surface area contributed by atoms with Crippen LogP contribution in [0.25, 0.3) is 10.8 Å². The summed E-state index contributed by atoms with van der Waals surface area (Å²) in [7, 11) is 2.13. The van der Waals surface area contributed by atoms with Crippen LogP contribution in [0.5, 0.6) is 0 Å². The van der Waals surface area contributed by atoms with Gasteiger partial charge in [0.2, 0.25) is 0 Å². The minimum absolute atomic E-state index is 0.0765. The largest absolute Gasteiger partial charge is 0.323 e. The predicted molar refractivity (Wildman–Crippen MR) is 78.7 cm³/mol. The van der Waals surface area contributed by atoms with Crippen LogP contribution in [-0.2, 0) is 0 Å². The Morgan fingerprint density at radius 3 is 2.61 bits per heavy atom. The van der Waals surface area contributed by atoms with Gasteiger partial charge in [-0.1, -0.05) is 49.4 Å². The van der Waals surface area contributed by atoms with E-state index in [9.17, 15) is 0 Å². The predicted octanol–water partition coefficient (Wildman–Crippen LogP) is 3.18. The van der Waals surface area contributed by atoms with Crippen LogP contribution in [0, 0.1) is 0 Å². The third-order valence-corrected chi connectivity index (χ3v) is 3.34. The maximum Gasteiger partial charge on any atom is 0.0430 e. The van der Waals surface area contributed by atoms with Crippen molar-refractivity contribution in [1.82, 2.24) is 4.90 Å². The van der Waals surface area contributed by atoms with Crippen LogP contribution in [0.4, 0.5) is 0 Å². The highest BCUT2D eigenvalue weighted by Crippen LogP contribution is 2.23. The molecule has 0 aliphatic heterocycles.